The first-order valence-corrected chi connectivity index (χ1v) is 5.96. The average molecular weight is 248 g/mol. The van der Waals surface area contributed by atoms with Gasteiger partial charge in [-0.1, -0.05) is 6.92 Å². The van der Waals surface area contributed by atoms with Crippen molar-refractivity contribution >= 4 is 0 Å². The van der Waals surface area contributed by atoms with Crippen LogP contribution in [0.1, 0.15) is 6.92 Å². The van der Waals surface area contributed by atoms with Gasteiger partial charge < -0.3 is 24.4 Å². The van der Waals surface area contributed by atoms with E-state index >= 15 is 0 Å². The van der Waals surface area contributed by atoms with Gasteiger partial charge in [-0.15, -0.1) is 0 Å². The van der Waals surface area contributed by atoms with Gasteiger partial charge in [-0.2, -0.15) is 0 Å². The third-order valence-corrected chi connectivity index (χ3v) is 4.05. The molecule has 0 bridgehead atoms. The molecule has 0 aromatic rings. The lowest BCUT2D eigenvalue weighted by Gasteiger charge is -2.48. The Hall–Kier alpha value is -0.200. The van der Waals surface area contributed by atoms with Crippen molar-refractivity contribution in [2.24, 2.45) is 17.8 Å². The Balaban J connectivity index is 2.99. The van der Waals surface area contributed by atoms with Crippen LogP contribution in [0.25, 0.3) is 0 Å². The highest BCUT2D eigenvalue weighted by molar-refractivity contribution is 4.98. The highest BCUT2D eigenvalue weighted by Crippen LogP contribution is 2.38. The summed E-state index contributed by atoms with van der Waals surface area (Å²) in [4.78, 5) is 0. The van der Waals surface area contributed by atoms with Gasteiger partial charge in [0.1, 0.15) is 6.10 Å². The molecule has 1 aliphatic carbocycles. The number of ether oxygens (including phenoxy) is 3. The van der Waals surface area contributed by atoms with Gasteiger partial charge in [0.05, 0.1) is 12.2 Å². The minimum Gasteiger partial charge on any atom is -0.396 e. The molecule has 0 saturated heterocycles. The molecule has 1 saturated carbocycles. The second-order valence-corrected chi connectivity index (χ2v) is 4.65. The quantitative estimate of drug-likeness (QED) is 0.711. The lowest BCUT2D eigenvalue weighted by atomic mass is 9.68. The fraction of sp³-hybridized carbons (Fsp3) is 1.00. The topological polar surface area (TPSA) is 68.2 Å². The first kappa shape index (κ1) is 14.9. The summed E-state index contributed by atoms with van der Waals surface area (Å²) in [5, 5.41) is 19.0. The van der Waals surface area contributed by atoms with E-state index in [1.165, 1.54) is 0 Å². The van der Waals surface area contributed by atoms with E-state index in [0.717, 1.165) is 0 Å². The van der Waals surface area contributed by atoms with Gasteiger partial charge in [-0.05, 0) is 11.8 Å². The Bertz CT molecular complexity index is 203. The van der Waals surface area contributed by atoms with Gasteiger partial charge in [0.15, 0.2) is 0 Å². The van der Waals surface area contributed by atoms with Crippen LogP contribution in [-0.4, -0.2) is 63.1 Å². The van der Waals surface area contributed by atoms with Crippen molar-refractivity contribution in [1.82, 2.24) is 0 Å². The fourth-order valence-electron chi connectivity index (χ4n) is 3.07. The Morgan fingerprint density at radius 1 is 0.765 bits per heavy atom. The molecule has 0 heterocycles. The third kappa shape index (κ3) is 2.63. The predicted octanol–water partition coefficient (Wildman–Crippen LogP) is -0.102. The maximum atomic E-state index is 9.50. The maximum absolute atomic E-state index is 9.50. The van der Waals surface area contributed by atoms with Crippen LogP contribution in [0.2, 0.25) is 0 Å². The van der Waals surface area contributed by atoms with Crippen LogP contribution in [0.3, 0.4) is 0 Å². The SMILES string of the molecule is COC1C(C)C(CO)C(CO)C(OC)C1OC. The van der Waals surface area contributed by atoms with E-state index in [-0.39, 0.29) is 49.3 Å². The van der Waals surface area contributed by atoms with E-state index in [1.54, 1.807) is 21.3 Å². The molecule has 0 spiro atoms. The van der Waals surface area contributed by atoms with Crippen LogP contribution >= 0.6 is 0 Å². The van der Waals surface area contributed by atoms with Gasteiger partial charge in [0.2, 0.25) is 0 Å². The zero-order valence-corrected chi connectivity index (χ0v) is 11.0. The summed E-state index contributed by atoms with van der Waals surface area (Å²) in [5.74, 6) is -0.0591. The molecule has 17 heavy (non-hydrogen) atoms. The number of methoxy groups -OCH3 is 3. The van der Waals surface area contributed by atoms with E-state index in [4.69, 9.17) is 14.2 Å². The molecule has 1 rings (SSSR count). The second kappa shape index (κ2) is 6.66. The number of hydrogen-bond donors (Lipinski definition) is 2. The van der Waals surface area contributed by atoms with Crippen LogP contribution in [0.4, 0.5) is 0 Å². The number of rotatable bonds is 5. The summed E-state index contributed by atoms with van der Waals surface area (Å²) in [6.45, 7) is 2.00. The molecule has 1 aliphatic rings. The molecular formula is C12H24O5. The Morgan fingerprint density at radius 2 is 1.24 bits per heavy atom. The summed E-state index contributed by atoms with van der Waals surface area (Å²) in [5.41, 5.74) is 0. The molecule has 1 fully saturated rings. The number of hydrogen-bond acceptors (Lipinski definition) is 5. The molecule has 0 aromatic carbocycles. The normalized spacial score (nSPS) is 42.7. The summed E-state index contributed by atoms with van der Waals surface area (Å²) in [6.07, 6.45) is -0.617. The molecule has 2 N–H and O–H groups in total. The zero-order valence-electron chi connectivity index (χ0n) is 11.0. The fourth-order valence-corrected chi connectivity index (χ4v) is 3.07. The van der Waals surface area contributed by atoms with Crippen LogP contribution in [-0.2, 0) is 14.2 Å². The Morgan fingerprint density at radius 3 is 1.59 bits per heavy atom. The summed E-state index contributed by atoms with van der Waals surface area (Å²) >= 11 is 0. The highest BCUT2D eigenvalue weighted by Gasteiger charge is 2.49. The molecule has 6 unspecified atom stereocenters. The van der Waals surface area contributed by atoms with E-state index in [2.05, 4.69) is 0 Å². The van der Waals surface area contributed by atoms with Crippen LogP contribution < -0.4 is 0 Å². The number of aliphatic hydroxyl groups excluding tert-OH is 2. The maximum Gasteiger partial charge on any atom is 0.110 e. The molecule has 0 amide bonds. The highest BCUT2D eigenvalue weighted by atomic mass is 16.6. The van der Waals surface area contributed by atoms with Gasteiger partial charge in [0.25, 0.3) is 0 Å². The number of aliphatic hydroxyl groups is 2. The molecule has 102 valence electrons. The van der Waals surface area contributed by atoms with Crippen molar-refractivity contribution in [3.05, 3.63) is 0 Å². The van der Waals surface area contributed by atoms with Crippen LogP contribution in [0.5, 0.6) is 0 Å². The summed E-state index contributed by atoms with van der Waals surface area (Å²) < 4.78 is 16.4. The van der Waals surface area contributed by atoms with Crippen molar-refractivity contribution in [2.75, 3.05) is 34.5 Å². The molecule has 0 aromatic heterocycles. The molecule has 6 atom stereocenters. The van der Waals surface area contributed by atoms with Crippen molar-refractivity contribution in [2.45, 2.75) is 25.2 Å². The Kier molecular flexibility index (Phi) is 5.82. The van der Waals surface area contributed by atoms with Crippen LogP contribution in [0.15, 0.2) is 0 Å². The minimum absolute atomic E-state index is 0.0164. The van der Waals surface area contributed by atoms with Crippen molar-refractivity contribution in [3.63, 3.8) is 0 Å². The standard InChI is InChI=1S/C12H24O5/c1-7-8(5-13)9(6-14)11(16-3)12(17-4)10(7)15-2/h7-14H,5-6H2,1-4H3. The van der Waals surface area contributed by atoms with E-state index < -0.39 is 0 Å². The molecule has 0 aliphatic heterocycles. The van der Waals surface area contributed by atoms with E-state index in [9.17, 15) is 10.2 Å². The van der Waals surface area contributed by atoms with Gasteiger partial charge in [-0.25, -0.2) is 0 Å². The second-order valence-electron chi connectivity index (χ2n) is 4.65. The minimum atomic E-state index is -0.261. The van der Waals surface area contributed by atoms with Crippen molar-refractivity contribution < 1.29 is 24.4 Å². The zero-order chi connectivity index (χ0) is 13.0. The molecule has 5 nitrogen and oxygen atoms in total. The third-order valence-electron chi connectivity index (χ3n) is 4.05. The van der Waals surface area contributed by atoms with E-state index in [1.807, 2.05) is 6.92 Å². The molecule has 0 radical (unpaired) electrons. The van der Waals surface area contributed by atoms with Gasteiger partial charge in [0, 0.05) is 40.5 Å². The largest absolute Gasteiger partial charge is 0.396 e. The van der Waals surface area contributed by atoms with Crippen molar-refractivity contribution in [1.29, 1.82) is 0 Å². The Labute approximate surface area is 103 Å². The first-order valence-electron chi connectivity index (χ1n) is 5.96. The monoisotopic (exact) mass is 248 g/mol. The molecule has 5 heteroatoms. The lowest BCUT2D eigenvalue weighted by molar-refractivity contribution is -0.197. The van der Waals surface area contributed by atoms with E-state index in [0.29, 0.717) is 0 Å². The van der Waals surface area contributed by atoms with Crippen LogP contribution in [0, 0.1) is 17.8 Å². The smallest absolute Gasteiger partial charge is 0.110 e. The van der Waals surface area contributed by atoms with Crippen molar-refractivity contribution in [3.8, 4) is 0 Å². The lowest BCUT2D eigenvalue weighted by Crippen LogP contribution is -2.58. The summed E-state index contributed by atoms with van der Waals surface area (Å²) in [7, 11) is 4.84. The van der Waals surface area contributed by atoms with Gasteiger partial charge in [-0.3, -0.25) is 0 Å². The van der Waals surface area contributed by atoms with Gasteiger partial charge >= 0.3 is 0 Å². The first-order chi connectivity index (χ1) is 8.15. The summed E-state index contributed by atoms with van der Waals surface area (Å²) in [6, 6.07) is 0. The average Bonchev–Trinajstić information content (AvgIpc) is 2.36. The molecular weight excluding hydrogens is 224 g/mol. The predicted molar refractivity (Wildman–Crippen MR) is 62.7 cm³/mol.